The van der Waals surface area contributed by atoms with Crippen LogP contribution >= 0.6 is 0 Å². The molecule has 4 heteroatoms. The van der Waals surface area contributed by atoms with Crippen molar-refractivity contribution in [3.05, 3.63) is 42.5 Å². The average Bonchev–Trinajstić information content (AvgIpc) is 2.38. The number of hydrogen-bond donors (Lipinski definition) is 1. The van der Waals surface area contributed by atoms with Crippen molar-refractivity contribution in [2.45, 2.75) is 13.3 Å². The minimum atomic E-state index is -0.249. The minimum Gasteiger partial charge on any atom is -0.368 e. The zero-order valence-electron chi connectivity index (χ0n) is 9.65. The highest BCUT2D eigenvalue weighted by molar-refractivity contribution is 5.70. The lowest BCUT2D eigenvalue weighted by atomic mass is 10.1. The number of aromatic nitrogens is 2. The largest absolute Gasteiger partial charge is 0.368 e. The van der Waals surface area contributed by atoms with Crippen LogP contribution in [0.2, 0.25) is 0 Å². The SMILES string of the molecule is CCCNc1nccnc1-c1ccc(F)cc1. The maximum Gasteiger partial charge on any atom is 0.152 e. The molecule has 1 aromatic carbocycles. The van der Waals surface area contributed by atoms with Crippen LogP contribution in [0.15, 0.2) is 36.7 Å². The topological polar surface area (TPSA) is 37.8 Å². The van der Waals surface area contributed by atoms with E-state index in [1.807, 2.05) is 0 Å². The van der Waals surface area contributed by atoms with E-state index in [-0.39, 0.29) is 5.82 Å². The third kappa shape index (κ3) is 2.78. The van der Waals surface area contributed by atoms with E-state index in [9.17, 15) is 4.39 Å². The molecular weight excluding hydrogens is 217 g/mol. The minimum absolute atomic E-state index is 0.249. The summed E-state index contributed by atoms with van der Waals surface area (Å²) in [6.07, 6.45) is 4.29. The van der Waals surface area contributed by atoms with Crippen molar-refractivity contribution in [2.75, 3.05) is 11.9 Å². The highest BCUT2D eigenvalue weighted by Crippen LogP contribution is 2.23. The molecule has 0 saturated heterocycles. The van der Waals surface area contributed by atoms with Gasteiger partial charge in [0.05, 0.1) is 0 Å². The Morgan fingerprint density at radius 1 is 1.12 bits per heavy atom. The van der Waals surface area contributed by atoms with Crippen LogP contribution < -0.4 is 5.32 Å². The summed E-state index contributed by atoms with van der Waals surface area (Å²) in [6.45, 7) is 2.92. The van der Waals surface area contributed by atoms with Crippen LogP contribution in [0.5, 0.6) is 0 Å². The summed E-state index contributed by atoms with van der Waals surface area (Å²) in [5.41, 5.74) is 1.61. The number of hydrogen-bond acceptors (Lipinski definition) is 3. The Kier molecular flexibility index (Phi) is 3.65. The molecule has 2 aromatic rings. The van der Waals surface area contributed by atoms with E-state index in [1.54, 1.807) is 24.5 Å². The van der Waals surface area contributed by atoms with Gasteiger partial charge in [-0.2, -0.15) is 0 Å². The molecule has 3 nitrogen and oxygen atoms in total. The molecule has 0 aliphatic heterocycles. The number of nitrogens with one attached hydrogen (secondary N) is 1. The zero-order chi connectivity index (χ0) is 12.1. The second-order valence-electron chi connectivity index (χ2n) is 3.69. The quantitative estimate of drug-likeness (QED) is 0.878. The van der Waals surface area contributed by atoms with E-state index in [0.717, 1.165) is 30.0 Å². The number of rotatable bonds is 4. The summed E-state index contributed by atoms with van der Waals surface area (Å²) in [6, 6.07) is 6.26. The Balaban J connectivity index is 2.33. The second-order valence-corrected chi connectivity index (χ2v) is 3.69. The monoisotopic (exact) mass is 231 g/mol. The van der Waals surface area contributed by atoms with Gasteiger partial charge in [0.15, 0.2) is 5.82 Å². The van der Waals surface area contributed by atoms with Gasteiger partial charge in [-0.15, -0.1) is 0 Å². The van der Waals surface area contributed by atoms with Gasteiger partial charge >= 0.3 is 0 Å². The maximum absolute atomic E-state index is 12.9. The molecule has 17 heavy (non-hydrogen) atoms. The molecule has 0 aliphatic carbocycles. The fourth-order valence-electron chi connectivity index (χ4n) is 1.53. The third-order valence-electron chi connectivity index (χ3n) is 2.36. The molecule has 0 bridgehead atoms. The van der Waals surface area contributed by atoms with Crippen molar-refractivity contribution in [1.29, 1.82) is 0 Å². The molecule has 0 aliphatic rings. The molecule has 1 N–H and O–H groups in total. The van der Waals surface area contributed by atoms with Crippen LogP contribution in [0.3, 0.4) is 0 Å². The summed E-state index contributed by atoms with van der Waals surface area (Å²) in [5, 5.41) is 3.21. The Hall–Kier alpha value is -1.97. The first kappa shape index (κ1) is 11.5. The summed E-state index contributed by atoms with van der Waals surface area (Å²) in [5.74, 6) is 0.488. The van der Waals surface area contributed by atoms with Gasteiger partial charge < -0.3 is 5.32 Å². The van der Waals surface area contributed by atoms with Crippen molar-refractivity contribution in [3.8, 4) is 11.3 Å². The molecule has 0 atom stereocenters. The van der Waals surface area contributed by atoms with Crippen molar-refractivity contribution < 1.29 is 4.39 Å². The lowest BCUT2D eigenvalue weighted by Gasteiger charge is -2.08. The predicted molar refractivity (Wildman–Crippen MR) is 66.2 cm³/mol. The van der Waals surface area contributed by atoms with E-state index in [4.69, 9.17) is 0 Å². The normalized spacial score (nSPS) is 10.2. The van der Waals surface area contributed by atoms with E-state index in [0.29, 0.717) is 0 Å². The van der Waals surface area contributed by atoms with Gasteiger partial charge in [-0.25, -0.2) is 9.37 Å². The van der Waals surface area contributed by atoms with Crippen LogP contribution in [-0.2, 0) is 0 Å². The number of benzene rings is 1. The highest BCUT2D eigenvalue weighted by atomic mass is 19.1. The molecule has 0 amide bonds. The molecule has 0 spiro atoms. The lowest BCUT2D eigenvalue weighted by molar-refractivity contribution is 0.628. The van der Waals surface area contributed by atoms with Gasteiger partial charge in [-0.1, -0.05) is 6.92 Å². The molecule has 0 saturated carbocycles. The second kappa shape index (κ2) is 5.39. The van der Waals surface area contributed by atoms with Crippen LogP contribution in [0.25, 0.3) is 11.3 Å². The van der Waals surface area contributed by atoms with Crippen LogP contribution in [0.4, 0.5) is 10.2 Å². The average molecular weight is 231 g/mol. The number of anilines is 1. The Morgan fingerprint density at radius 2 is 1.82 bits per heavy atom. The first-order valence-electron chi connectivity index (χ1n) is 5.62. The summed E-state index contributed by atoms with van der Waals surface area (Å²) < 4.78 is 12.9. The smallest absolute Gasteiger partial charge is 0.152 e. The molecule has 88 valence electrons. The highest BCUT2D eigenvalue weighted by Gasteiger charge is 2.06. The molecule has 1 heterocycles. The van der Waals surface area contributed by atoms with Gasteiger partial charge in [0.25, 0.3) is 0 Å². The Bertz CT molecular complexity index is 482. The predicted octanol–water partition coefficient (Wildman–Crippen LogP) is 3.10. The lowest BCUT2D eigenvalue weighted by Crippen LogP contribution is -2.04. The van der Waals surface area contributed by atoms with E-state index in [1.165, 1.54) is 12.1 Å². The van der Waals surface area contributed by atoms with Gasteiger partial charge in [0.1, 0.15) is 11.5 Å². The van der Waals surface area contributed by atoms with E-state index >= 15 is 0 Å². The molecule has 0 fully saturated rings. The number of halogens is 1. The Labute approximate surface area is 99.7 Å². The van der Waals surface area contributed by atoms with Crippen molar-refractivity contribution in [1.82, 2.24) is 9.97 Å². The van der Waals surface area contributed by atoms with Crippen molar-refractivity contribution >= 4 is 5.82 Å². The van der Waals surface area contributed by atoms with Gasteiger partial charge in [0.2, 0.25) is 0 Å². The summed E-state index contributed by atoms with van der Waals surface area (Å²) >= 11 is 0. The molecule has 2 rings (SSSR count). The standard InChI is InChI=1S/C13H14FN3/c1-2-7-16-13-12(15-8-9-17-13)10-3-5-11(14)6-4-10/h3-6,8-9H,2,7H2,1H3,(H,16,17). The van der Waals surface area contributed by atoms with Crippen LogP contribution in [0, 0.1) is 5.82 Å². The molecule has 0 unspecified atom stereocenters. The van der Waals surface area contributed by atoms with Gasteiger partial charge in [-0.05, 0) is 30.7 Å². The number of nitrogens with zero attached hydrogens (tertiary/aromatic N) is 2. The zero-order valence-corrected chi connectivity index (χ0v) is 9.65. The third-order valence-corrected chi connectivity index (χ3v) is 2.36. The first-order valence-corrected chi connectivity index (χ1v) is 5.62. The van der Waals surface area contributed by atoms with Crippen LogP contribution in [-0.4, -0.2) is 16.5 Å². The first-order chi connectivity index (χ1) is 8.31. The van der Waals surface area contributed by atoms with E-state index < -0.39 is 0 Å². The summed E-state index contributed by atoms with van der Waals surface area (Å²) in [7, 11) is 0. The van der Waals surface area contributed by atoms with Crippen molar-refractivity contribution in [3.63, 3.8) is 0 Å². The Morgan fingerprint density at radius 3 is 2.53 bits per heavy atom. The molecular formula is C13H14FN3. The fourth-order valence-corrected chi connectivity index (χ4v) is 1.53. The molecule has 0 radical (unpaired) electrons. The van der Waals surface area contributed by atoms with E-state index in [2.05, 4.69) is 22.2 Å². The van der Waals surface area contributed by atoms with Gasteiger partial charge in [-0.3, -0.25) is 4.98 Å². The summed E-state index contributed by atoms with van der Waals surface area (Å²) in [4.78, 5) is 8.53. The van der Waals surface area contributed by atoms with Crippen LogP contribution in [0.1, 0.15) is 13.3 Å². The van der Waals surface area contributed by atoms with Crippen molar-refractivity contribution in [2.24, 2.45) is 0 Å². The maximum atomic E-state index is 12.9. The van der Waals surface area contributed by atoms with Gasteiger partial charge in [0, 0.05) is 24.5 Å². The fraction of sp³-hybridized carbons (Fsp3) is 0.231. The molecule has 1 aromatic heterocycles.